The molecule has 4 heteroatoms. The van der Waals surface area contributed by atoms with Crippen molar-refractivity contribution < 1.29 is 19.3 Å². The van der Waals surface area contributed by atoms with E-state index in [-0.39, 0.29) is 5.78 Å². The third-order valence-corrected chi connectivity index (χ3v) is 5.18. The molecule has 0 unspecified atom stereocenters. The average Bonchev–Trinajstić information content (AvgIpc) is 2.70. The standard InChI is InChI=1S/C22H28N2O2/c1-2-21(25)20-10-6-7-11-22(20)26-17-16-23-12-14-24(15-13-23)18-19-8-4-3-5-9-19/h3-11H,2,12-18H2,1H3/p+2. The largest absolute Gasteiger partial charge is 0.487 e. The second-order valence-electron chi connectivity index (χ2n) is 7.03. The number of Topliss-reactive ketones (excluding diaryl/α,β-unsaturated/α-hetero) is 1. The van der Waals surface area contributed by atoms with Gasteiger partial charge in [0.15, 0.2) is 5.78 Å². The maximum atomic E-state index is 12.0. The fourth-order valence-corrected chi connectivity index (χ4v) is 3.59. The highest BCUT2D eigenvalue weighted by Crippen LogP contribution is 2.19. The van der Waals surface area contributed by atoms with Crippen LogP contribution in [-0.2, 0) is 6.54 Å². The van der Waals surface area contributed by atoms with Crippen LogP contribution < -0.4 is 14.5 Å². The minimum Gasteiger partial charge on any atom is -0.487 e. The minimum absolute atomic E-state index is 0.145. The monoisotopic (exact) mass is 354 g/mol. The first kappa shape index (κ1) is 18.6. The Kier molecular flexibility index (Phi) is 6.81. The Morgan fingerprint density at radius 2 is 1.58 bits per heavy atom. The third-order valence-electron chi connectivity index (χ3n) is 5.18. The van der Waals surface area contributed by atoms with Gasteiger partial charge in [-0.1, -0.05) is 49.4 Å². The van der Waals surface area contributed by atoms with Crippen molar-refractivity contribution in [1.29, 1.82) is 0 Å². The van der Waals surface area contributed by atoms with Crippen molar-refractivity contribution in [3.63, 3.8) is 0 Å². The Balaban J connectivity index is 1.41. The summed E-state index contributed by atoms with van der Waals surface area (Å²) >= 11 is 0. The SMILES string of the molecule is CCC(=O)c1ccccc1OCC[NH+]1CC[NH+](Cc2ccccc2)CC1. The first-order chi connectivity index (χ1) is 12.8. The number of carbonyl (C=O) groups is 1. The number of hydrogen-bond donors (Lipinski definition) is 2. The van der Waals surface area contributed by atoms with E-state index < -0.39 is 0 Å². The molecule has 2 aromatic rings. The maximum absolute atomic E-state index is 12.0. The molecule has 0 bridgehead atoms. The maximum Gasteiger partial charge on any atom is 0.166 e. The molecule has 4 nitrogen and oxygen atoms in total. The molecule has 138 valence electrons. The lowest BCUT2D eigenvalue weighted by molar-refractivity contribution is -1.02. The van der Waals surface area contributed by atoms with Gasteiger partial charge in [0.25, 0.3) is 0 Å². The summed E-state index contributed by atoms with van der Waals surface area (Å²) < 4.78 is 5.94. The highest BCUT2D eigenvalue weighted by Gasteiger charge is 2.23. The summed E-state index contributed by atoms with van der Waals surface area (Å²) in [4.78, 5) is 15.3. The van der Waals surface area contributed by atoms with Crippen molar-refractivity contribution in [1.82, 2.24) is 0 Å². The van der Waals surface area contributed by atoms with E-state index in [0.29, 0.717) is 18.6 Å². The van der Waals surface area contributed by atoms with Crippen LogP contribution in [0.1, 0.15) is 29.3 Å². The van der Waals surface area contributed by atoms with Gasteiger partial charge in [-0.2, -0.15) is 0 Å². The molecule has 1 saturated heterocycles. The predicted molar refractivity (Wildman–Crippen MR) is 103 cm³/mol. The summed E-state index contributed by atoms with van der Waals surface area (Å²) in [5.74, 6) is 0.873. The zero-order valence-electron chi connectivity index (χ0n) is 15.7. The van der Waals surface area contributed by atoms with E-state index in [1.807, 2.05) is 31.2 Å². The van der Waals surface area contributed by atoms with E-state index in [1.165, 1.54) is 31.7 Å². The summed E-state index contributed by atoms with van der Waals surface area (Å²) in [6.45, 7) is 9.44. The van der Waals surface area contributed by atoms with Gasteiger partial charge in [-0.15, -0.1) is 0 Å². The Labute approximate surface area is 156 Å². The molecule has 1 aliphatic rings. The number of ketones is 1. The molecule has 2 aromatic carbocycles. The number of ether oxygens (including phenoxy) is 1. The molecule has 0 radical (unpaired) electrons. The molecular weight excluding hydrogens is 324 g/mol. The van der Waals surface area contributed by atoms with Gasteiger partial charge in [-0.25, -0.2) is 0 Å². The van der Waals surface area contributed by atoms with Crippen molar-refractivity contribution in [2.24, 2.45) is 0 Å². The highest BCUT2D eigenvalue weighted by atomic mass is 16.5. The Morgan fingerprint density at radius 1 is 0.923 bits per heavy atom. The van der Waals surface area contributed by atoms with Crippen molar-refractivity contribution in [2.45, 2.75) is 19.9 Å². The molecule has 2 N–H and O–H groups in total. The zero-order valence-corrected chi connectivity index (χ0v) is 15.7. The summed E-state index contributed by atoms with van der Waals surface area (Å²) in [5, 5.41) is 0. The number of nitrogens with one attached hydrogen (secondary N) is 2. The summed E-state index contributed by atoms with van der Waals surface area (Å²) in [6.07, 6.45) is 0.512. The first-order valence-corrected chi connectivity index (χ1v) is 9.72. The summed E-state index contributed by atoms with van der Waals surface area (Å²) in [7, 11) is 0. The van der Waals surface area contributed by atoms with Crippen LogP contribution in [0.4, 0.5) is 0 Å². The number of benzene rings is 2. The lowest BCUT2D eigenvalue weighted by Gasteiger charge is -2.29. The van der Waals surface area contributed by atoms with E-state index in [4.69, 9.17) is 4.74 Å². The molecule has 3 rings (SSSR count). The Hall–Kier alpha value is -2.17. The molecule has 0 saturated carbocycles. The predicted octanol–water partition coefficient (Wildman–Crippen LogP) is 0.642. The topological polar surface area (TPSA) is 35.2 Å². The molecule has 0 atom stereocenters. The van der Waals surface area contributed by atoms with E-state index in [0.717, 1.165) is 18.8 Å². The number of piperazine rings is 1. The quantitative estimate of drug-likeness (QED) is 0.683. The molecule has 26 heavy (non-hydrogen) atoms. The van der Waals surface area contributed by atoms with Crippen LogP contribution in [0.3, 0.4) is 0 Å². The molecule has 0 amide bonds. The third kappa shape index (κ3) is 5.16. The molecular formula is C22H30N2O2+2. The number of hydrogen-bond acceptors (Lipinski definition) is 2. The van der Waals surface area contributed by atoms with Crippen molar-refractivity contribution in [3.8, 4) is 5.75 Å². The summed E-state index contributed by atoms with van der Waals surface area (Å²) in [6, 6.07) is 18.3. The molecule has 1 aliphatic heterocycles. The van der Waals surface area contributed by atoms with E-state index >= 15 is 0 Å². The van der Waals surface area contributed by atoms with Gasteiger partial charge in [-0.05, 0) is 12.1 Å². The lowest BCUT2D eigenvalue weighted by atomic mass is 10.1. The zero-order chi connectivity index (χ0) is 18.2. The van der Waals surface area contributed by atoms with Gasteiger partial charge >= 0.3 is 0 Å². The van der Waals surface area contributed by atoms with Crippen molar-refractivity contribution in [2.75, 3.05) is 39.3 Å². The van der Waals surface area contributed by atoms with E-state index in [9.17, 15) is 4.79 Å². The highest BCUT2D eigenvalue weighted by molar-refractivity contribution is 5.98. The summed E-state index contributed by atoms with van der Waals surface area (Å²) in [5.41, 5.74) is 2.13. The Bertz CT molecular complexity index is 694. The van der Waals surface area contributed by atoms with Crippen LogP contribution in [0, 0.1) is 0 Å². The fraction of sp³-hybridized carbons (Fsp3) is 0.409. The smallest absolute Gasteiger partial charge is 0.166 e. The van der Waals surface area contributed by atoms with Gasteiger partial charge in [0.05, 0.1) is 5.56 Å². The van der Waals surface area contributed by atoms with Crippen LogP contribution in [0.25, 0.3) is 0 Å². The van der Waals surface area contributed by atoms with Crippen LogP contribution in [0.15, 0.2) is 54.6 Å². The number of quaternary nitrogens is 2. The van der Waals surface area contributed by atoms with Gasteiger partial charge in [0.2, 0.25) is 0 Å². The second-order valence-corrected chi connectivity index (χ2v) is 7.03. The number of rotatable bonds is 8. The minimum atomic E-state index is 0.145. The fourth-order valence-electron chi connectivity index (χ4n) is 3.59. The molecule has 0 spiro atoms. The van der Waals surface area contributed by atoms with E-state index in [1.54, 1.807) is 9.80 Å². The van der Waals surface area contributed by atoms with Gasteiger partial charge in [0.1, 0.15) is 51.6 Å². The molecule has 1 fully saturated rings. The normalized spacial score (nSPS) is 19.9. The van der Waals surface area contributed by atoms with Crippen molar-refractivity contribution >= 4 is 5.78 Å². The van der Waals surface area contributed by atoms with Gasteiger partial charge in [0, 0.05) is 12.0 Å². The van der Waals surface area contributed by atoms with Crippen LogP contribution in [0.2, 0.25) is 0 Å². The molecule has 0 aromatic heterocycles. The van der Waals surface area contributed by atoms with Gasteiger partial charge in [-0.3, -0.25) is 4.79 Å². The van der Waals surface area contributed by atoms with E-state index in [2.05, 4.69) is 30.3 Å². The lowest BCUT2D eigenvalue weighted by Crippen LogP contribution is -3.27. The Morgan fingerprint density at radius 3 is 2.31 bits per heavy atom. The van der Waals surface area contributed by atoms with Crippen LogP contribution in [-0.4, -0.2) is 45.1 Å². The van der Waals surface area contributed by atoms with Crippen molar-refractivity contribution in [3.05, 3.63) is 65.7 Å². The number of carbonyl (C=O) groups excluding carboxylic acids is 1. The molecule has 1 heterocycles. The first-order valence-electron chi connectivity index (χ1n) is 9.72. The van der Waals surface area contributed by atoms with Crippen LogP contribution in [0.5, 0.6) is 5.75 Å². The molecule has 0 aliphatic carbocycles. The number of para-hydroxylation sites is 1. The van der Waals surface area contributed by atoms with Crippen LogP contribution >= 0.6 is 0 Å². The average molecular weight is 354 g/mol. The second kappa shape index (κ2) is 9.51. The van der Waals surface area contributed by atoms with Gasteiger partial charge < -0.3 is 14.5 Å².